The third-order valence-electron chi connectivity index (χ3n) is 2.81. The normalized spacial score (nSPS) is 11.4. The van der Waals surface area contributed by atoms with Crippen LogP contribution in [0.5, 0.6) is 0 Å². The molecule has 2 N–H and O–H groups in total. The van der Waals surface area contributed by atoms with E-state index in [-0.39, 0.29) is 5.91 Å². The van der Waals surface area contributed by atoms with Gasteiger partial charge in [-0.25, -0.2) is 0 Å². The molecule has 0 spiro atoms. The van der Waals surface area contributed by atoms with Gasteiger partial charge in [0.1, 0.15) is 5.76 Å². The molecule has 98 valence electrons. The lowest BCUT2D eigenvalue weighted by Gasteiger charge is -2.05. The van der Waals surface area contributed by atoms with Crippen LogP contribution in [0.4, 0.5) is 5.69 Å². The molecule has 0 aliphatic heterocycles. The van der Waals surface area contributed by atoms with Crippen LogP contribution in [0.3, 0.4) is 0 Å². The molecule has 0 saturated carbocycles. The van der Waals surface area contributed by atoms with Gasteiger partial charge in [0.25, 0.3) is 5.91 Å². The molecule has 5 nitrogen and oxygen atoms in total. The molecule has 5 heteroatoms. The van der Waals surface area contributed by atoms with E-state index in [2.05, 4.69) is 10.5 Å². The van der Waals surface area contributed by atoms with Crippen LogP contribution in [-0.2, 0) is 0 Å². The van der Waals surface area contributed by atoms with Crippen molar-refractivity contribution in [3.8, 4) is 0 Å². The SMILES string of the molecule is C/C(=N\O)c1ccc(NC(=O)c2ccoc2C)cc1. The maximum atomic E-state index is 11.9. The lowest BCUT2D eigenvalue weighted by Crippen LogP contribution is -2.12. The zero-order valence-corrected chi connectivity index (χ0v) is 10.7. The maximum Gasteiger partial charge on any atom is 0.259 e. The van der Waals surface area contributed by atoms with Gasteiger partial charge in [0.05, 0.1) is 17.5 Å². The van der Waals surface area contributed by atoms with E-state index >= 15 is 0 Å². The Morgan fingerprint density at radius 2 is 1.95 bits per heavy atom. The second-order valence-electron chi connectivity index (χ2n) is 4.11. The first kappa shape index (κ1) is 12.9. The summed E-state index contributed by atoms with van der Waals surface area (Å²) in [5, 5.41) is 14.6. The molecule has 0 aliphatic carbocycles. The number of carbonyl (C=O) groups is 1. The molecule has 1 aromatic carbocycles. The van der Waals surface area contributed by atoms with Crippen LogP contribution in [0.25, 0.3) is 0 Å². The Morgan fingerprint density at radius 1 is 1.26 bits per heavy atom. The van der Waals surface area contributed by atoms with Crippen LogP contribution in [0, 0.1) is 6.92 Å². The average Bonchev–Trinajstić information content (AvgIpc) is 2.85. The largest absolute Gasteiger partial charge is 0.469 e. The number of oxime groups is 1. The van der Waals surface area contributed by atoms with Gasteiger partial charge in [0.15, 0.2) is 0 Å². The van der Waals surface area contributed by atoms with E-state index in [1.807, 2.05) is 0 Å². The first-order valence-corrected chi connectivity index (χ1v) is 5.76. The van der Waals surface area contributed by atoms with Crippen LogP contribution in [0.1, 0.15) is 28.6 Å². The summed E-state index contributed by atoms with van der Waals surface area (Å²) < 4.78 is 5.08. The van der Waals surface area contributed by atoms with Crippen molar-refractivity contribution in [3.63, 3.8) is 0 Å². The molecule has 0 unspecified atom stereocenters. The van der Waals surface area contributed by atoms with E-state index in [1.54, 1.807) is 44.2 Å². The van der Waals surface area contributed by atoms with E-state index in [0.717, 1.165) is 5.56 Å². The topological polar surface area (TPSA) is 74.8 Å². The van der Waals surface area contributed by atoms with Crippen molar-refractivity contribution in [3.05, 3.63) is 53.5 Å². The highest BCUT2D eigenvalue weighted by Crippen LogP contribution is 2.14. The molecule has 0 bridgehead atoms. The predicted octanol–water partition coefficient (Wildman–Crippen LogP) is 3.04. The summed E-state index contributed by atoms with van der Waals surface area (Å²) in [4.78, 5) is 11.9. The van der Waals surface area contributed by atoms with E-state index < -0.39 is 0 Å². The number of anilines is 1. The summed E-state index contributed by atoms with van der Waals surface area (Å²) in [6.45, 7) is 3.43. The number of benzene rings is 1. The van der Waals surface area contributed by atoms with Crippen molar-refractivity contribution in [2.75, 3.05) is 5.32 Å². The lowest BCUT2D eigenvalue weighted by atomic mass is 10.1. The average molecular weight is 258 g/mol. The Morgan fingerprint density at radius 3 is 2.47 bits per heavy atom. The lowest BCUT2D eigenvalue weighted by molar-refractivity contribution is 0.102. The Bertz CT molecular complexity index is 612. The number of furan rings is 1. The van der Waals surface area contributed by atoms with Gasteiger partial charge in [-0.1, -0.05) is 17.3 Å². The molecule has 2 rings (SSSR count). The Labute approximate surface area is 110 Å². The van der Waals surface area contributed by atoms with Crippen LogP contribution < -0.4 is 5.32 Å². The number of hydrogen-bond donors (Lipinski definition) is 2. The predicted molar refractivity (Wildman–Crippen MR) is 71.8 cm³/mol. The van der Waals surface area contributed by atoms with E-state index in [0.29, 0.717) is 22.7 Å². The molecule has 19 heavy (non-hydrogen) atoms. The van der Waals surface area contributed by atoms with Gasteiger partial charge in [-0.2, -0.15) is 0 Å². The molecular formula is C14H14N2O3. The van der Waals surface area contributed by atoms with Crippen LogP contribution >= 0.6 is 0 Å². The second kappa shape index (κ2) is 5.39. The molecule has 1 heterocycles. The van der Waals surface area contributed by atoms with Gasteiger partial charge in [0, 0.05) is 5.69 Å². The smallest absolute Gasteiger partial charge is 0.259 e. The summed E-state index contributed by atoms with van der Waals surface area (Å²) in [5.41, 5.74) is 2.49. The fraction of sp³-hybridized carbons (Fsp3) is 0.143. The van der Waals surface area contributed by atoms with E-state index in [1.165, 1.54) is 6.26 Å². The molecule has 0 fully saturated rings. The van der Waals surface area contributed by atoms with Crippen LogP contribution in [0.15, 0.2) is 46.2 Å². The third kappa shape index (κ3) is 2.82. The van der Waals surface area contributed by atoms with Crippen molar-refractivity contribution in [1.82, 2.24) is 0 Å². The fourth-order valence-electron chi connectivity index (χ4n) is 1.67. The molecule has 0 aliphatic rings. The Balaban J connectivity index is 2.12. The highest BCUT2D eigenvalue weighted by Gasteiger charge is 2.11. The molecule has 2 aromatic rings. The van der Waals surface area contributed by atoms with Crippen molar-refractivity contribution < 1.29 is 14.4 Å². The molecule has 0 atom stereocenters. The minimum absolute atomic E-state index is 0.216. The third-order valence-corrected chi connectivity index (χ3v) is 2.81. The number of nitrogens with one attached hydrogen (secondary N) is 1. The second-order valence-corrected chi connectivity index (χ2v) is 4.11. The maximum absolute atomic E-state index is 11.9. The van der Waals surface area contributed by atoms with Crippen molar-refractivity contribution in [1.29, 1.82) is 0 Å². The zero-order valence-electron chi connectivity index (χ0n) is 10.7. The van der Waals surface area contributed by atoms with E-state index in [9.17, 15) is 4.79 Å². The molecule has 0 radical (unpaired) electrons. The monoisotopic (exact) mass is 258 g/mol. The summed E-state index contributed by atoms with van der Waals surface area (Å²) in [7, 11) is 0. The summed E-state index contributed by atoms with van der Waals surface area (Å²) in [6, 6.07) is 8.66. The highest BCUT2D eigenvalue weighted by atomic mass is 16.4. The summed E-state index contributed by atoms with van der Waals surface area (Å²) >= 11 is 0. The van der Waals surface area contributed by atoms with Crippen LogP contribution in [-0.4, -0.2) is 16.8 Å². The minimum atomic E-state index is -0.216. The fourth-order valence-corrected chi connectivity index (χ4v) is 1.67. The molecule has 1 amide bonds. The van der Waals surface area contributed by atoms with Gasteiger partial charge in [-0.15, -0.1) is 0 Å². The minimum Gasteiger partial charge on any atom is -0.469 e. The van der Waals surface area contributed by atoms with Crippen LogP contribution in [0.2, 0.25) is 0 Å². The van der Waals surface area contributed by atoms with Gasteiger partial charge in [-0.3, -0.25) is 4.79 Å². The number of amides is 1. The Kier molecular flexibility index (Phi) is 3.66. The number of hydrogen-bond acceptors (Lipinski definition) is 4. The summed E-state index contributed by atoms with van der Waals surface area (Å²) in [5.74, 6) is 0.365. The van der Waals surface area contributed by atoms with Crippen molar-refractivity contribution >= 4 is 17.3 Å². The van der Waals surface area contributed by atoms with Gasteiger partial charge >= 0.3 is 0 Å². The number of rotatable bonds is 3. The highest BCUT2D eigenvalue weighted by molar-refractivity contribution is 6.05. The standard InChI is InChI=1S/C14H14N2O3/c1-9(16-18)11-3-5-12(6-4-11)15-14(17)13-7-8-19-10(13)2/h3-8,18H,1-2H3,(H,15,17)/b16-9+. The first-order valence-electron chi connectivity index (χ1n) is 5.76. The quantitative estimate of drug-likeness (QED) is 0.504. The molecule has 0 saturated heterocycles. The van der Waals surface area contributed by atoms with Crippen molar-refractivity contribution in [2.24, 2.45) is 5.16 Å². The zero-order chi connectivity index (χ0) is 13.8. The first-order chi connectivity index (χ1) is 9.11. The van der Waals surface area contributed by atoms with Gasteiger partial charge in [0.2, 0.25) is 0 Å². The Hall–Kier alpha value is -2.56. The van der Waals surface area contributed by atoms with Gasteiger partial charge < -0.3 is 14.9 Å². The van der Waals surface area contributed by atoms with Gasteiger partial charge in [-0.05, 0) is 37.6 Å². The number of aryl methyl sites for hydroxylation is 1. The molecule has 1 aromatic heterocycles. The van der Waals surface area contributed by atoms with E-state index in [4.69, 9.17) is 9.62 Å². The van der Waals surface area contributed by atoms with Crippen molar-refractivity contribution in [2.45, 2.75) is 13.8 Å². The number of nitrogens with zero attached hydrogens (tertiary/aromatic N) is 1. The summed E-state index contributed by atoms with van der Waals surface area (Å²) in [6.07, 6.45) is 1.48. The number of carbonyl (C=O) groups excluding carboxylic acids is 1. The molecular weight excluding hydrogens is 244 g/mol.